The van der Waals surface area contributed by atoms with Crippen LogP contribution < -0.4 is 15.0 Å². The van der Waals surface area contributed by atoms with Gasteiger partial charge in [-0.3, -0.25) is 19.6 Å². The van der Waals surface area contributed by atoms with Crippen LogP contribution in [0.4, 0.5) is 0 Å². The number of benzene rings is 2. The number of nitrogens with one attached hydrogen (secondary N) is 2. The minimum atomic E-state index is -0.607. The maximum absolute atomic E-state index is 13.8. The summed E-state index contributed by atoms with van der Waals surface area (Å²) in [6.07, 6.45) is 3.74. The summed E-state index contributed by atoms with van der Waals surface area (Å²) >= 11 is 0. The van der Waals surface area contributed by atoms with Gasteiger partial charge in [0, 0.05) is 36.0 Å². The lowest BCUT2D eigenvalue weighted by Crippen LogP contribution is -2.63. The van der Waals surface area contributed by atoms with Crippen LogP contribution >= 0.6 is 0 Å². The Hall–Kier alpha value is -4.05. The van der Waals surface area contributed by atoms with E-state index in [-0.39, 0.29) is 24.8 Å². The Morgan fingerprint density at radius 3 is 2.59 bits per heavy atom. The molecule has 39 heavy (non-hydrogen) atoms. The van der Waals surface area contributed by atoms with Crippen LogP contribution in [-0.4, -0.2) is 71.1 Å². The van der Waals surface area contributed by atoms with E-state index in [4.69, 9.17) is 14.7 Å². The number of fused-ring (bicyclic) bond motifs is 4. The van der Waals surface area contributed by atoms with Crippen LogP contribution in [0.15, 0.2) is 42.5 Å². The molecule has 206 valence electrons. The van der Waals surface area contributed by atoms with Crippen molar-refractivity contribution in [3.8, 4) is 11.5 Å². The fraction of sp³-hybridized carbons (Fsp3) is 0.414. The normalized spacial score (nSPS) is 18.6. The van der Waals surface area contributed by atoms with E-state index in [1.807, 2.05) is 36.4 Å². The lowest BCUT2D eigenvalue weighted by atomic mass is 9.86. The minimum absolute atomic E-state index is 0.0294. The Labute approximate surface area is 226 Å². The van der Waals surface area contributed by atoms with Gasteiger partial charge in [0.25, 0.3) is 0 Å². The van der Waals surface area contributed by atoms with Crippen molar-refractivity contribution in [1.82, 2.24) is 20.3 Å². The number of hydroxylamine groups is 1. The molecule has 0 saturated carbocycles. The molecule has 0 aliphatic carbocycles. The summed E-state index contributed by atoms with van der Waals surface area (Å²) < 4.78 is 11.0. The van der Waals surface area contributed by atoms with Crippen LogP contribution in [0, 0.1) is 0 Å². The number of para-hydroxylation sites is 1. The molecule has 0 spiro atoms. The monoisotopic (exact) mass is 534 g/mol. The molecule has 0 unspecified atom stereocenters. The molecule has 1 saturated heterocycles. The summed E-state index contributed by atoms with van der Waals surface area (Å²) in [5, 5.41) is 9.67. The summed E-state index contributed by atoms with van der Waals surface area (Å²) in [4.78, 5) is 45.7. The van der Waals surface area contributed by atoms with E-state index in [2.05, 4.69) is 11.1 Å². The minimum Gasteiger partial charge on any atom is -0.493 e. The number of carbonyl (C=O) groups is 3. The number of aromatic nitrogens is 1. The molecule has 10 heteroatoms. The van der Waals surface area contributed by atoms with E-state index in [0.29, 0.717) is 30.9 Å². The number of rotatable bonds is 10. The third kappa shape index (κ3) is 5.04. The van der Waals surface area contributed by atoms with Gasteiger partial charge in [0.05, 0.1) is 26.8 Å². The first kappa shape index (κ1) is 26.6. The number of unbranched alkanes of at least 4 members (excludes halogenated alkanes) is 3. The first-order chi connectivity index (χ1) is 19.0. The summed E-state index contributed by atoms with van der Waals surface area (Å²) in [6.45, 7) is 0.518. The van der Waals surface area contributed by atoms with Crippen LogP contribution in [0.3, 0.4) is 0 Å². The number of hydrogen-bond donors (Lipinski definition) is 3. The number of methoxy groups -OCH3 is 2. The molecule has 0 radical (unpaired) electrons. The molecule has 3 amide bonds. The molecule has 2 aliphatic rings. The zero-order valence-corrected chi connectivity index (χ0v) is 22.2. The Morgan fingerprint density at radius 2 is 1.82 bits per heavy atom. The molecular weight excluding hydrogens is 500 g/mol. The number of H-pyrrole nitrogens is 1. The lowest BCUT2D eigenvalue weighted by Gasteiger charge is -2.47. The molecule has 2 aromatic carbocycles. The van der Waals surface area contributed by atoms with Crippen molar-refractivity contribution in [2.45, 2.75) is 50.6 Å². The van der Waals surface area contributed by atoms with Crippen LogP contribution in [0.5, 0.6) is 11.5 Å². The smallest absolute Gasteiger partial charge is 0.246 e. The molecule has 2 aliphatic heterocycles. The van der Waals surface area contributed by atoms with Crippen molar-refractivity contribution in [2.75, 3.05) is 27.3 Å². The highest BCUT2D eigenvalue weighted by Gasteiger charge is 2.48. The van der Waals surface area contributed by atoms with E-state index < -0.39 is 18.0 Å². The van der Waals surface area contributed by atoms with Gasteiger partial charge >= 0.3 is 0 Å². The van der Waals surface area contributed by atoms with Crippen molar-refractivity contribution >= 4 is 28.6 Å². The molecule has 1 fully saturated rings. The van der Waals surface area contributed by atoms with Gasteiger partial charge < -0.3 is 24.3 Å². The predicted molar refractivity (Wildman–Crippen MR) is 144 cm³/mol. The number of amides is 3. The van der Waals surface area contributed by atoms with Gasteiger partial charge in [-0.15, -0.1) is 0 Å². The van der Waals surface area contributed by atoms with E-state index in [1.54, 1.807) is 29.5 Å². The summed E-state index contributed by atoms with van der Waals surface area (Å²) in [7, 11) is 3.16. The van der Waals surface area contributed by atoms with Crippen molar-refractivity contribution in [3.05, 3.63) is 59.3 Å². The molecule has 3 aromatic rings. The van der Waals surface area contributed by atoms with Crippen molar-refractivity contribution in [1.29, 1.82) is 0 Å². The summed E-state index contributed by atoms with van der Waals surface area (Å²) in [6, 6.07) is 12.6. The van der Waals surface area contributed by atoms with Crippen molar-refractivity contribution in [2.24, 2.45) is 0 Å². The van der Waals surface area contributed by atoms with Gasteiger partial charge in [-0.1, -0.05) is 37.1 Å². The fourth-order valence-corrected chi connectivity index (χ4v) is 5.88. The summed E-state index contributed by atoms with van der Waals surface area (Å²) in [5.74, 6) is 0.613. The van der Waals surface area contributed by atoms with E-state index in [1.165, 1.54) is 0 Å². The molecule has 3 heterocycles. The van der Waals surface area contributed by atoms with Crippen LogP contribution in [-0.2, 0) is 20.8 Å². The van der Waals surface area contributed by atoms with E-state index in [9.17, 15) is 14.4 Å². The van der Waals surface area contributed by atoms with Crippen LogP contribution in [0.25, 0.3) is 10.9 Å². The zero-order chi connectivity index (χ0) is 27.5. The highest BCUT2D eigenvalue weighted by Crippen LogP contribution is 2.44. The number of carbonyl (C=O) groups excluding carboxylic acids is 3. The fourth-order valence-electron chi connectivity index (χ4n) is 5.88. The first-order valence-electron chi connectivity index (χ1n) is 13.3. The maximum atomic E-state index is 13.8. The lowest BCUT2D eigenvalue weighted by molar-refractivity contribution is -0.158. The maximum Gasteiger partial charge on any atom is 0.246 e. The first-order valence-corrected chi connectivity index (χ1v) is 13.3. The van der Waals surface area contributed by atoms with Gasteiger partial charge in [-0.05, 0) is 42.2 Å². The second-order valence-corrected chi connectivity index (χ2v) is 10.1. The molecule has 10 nitrogen and oxygen atoms in total. The van der Waals surface area contributed by atoms with Gasteiger partial charge in [0.1, 0.15) is 6.04 Å². The molecule has 1 aromatic heterocycles. The Morgan fingerprint density at radius 1 is 1.05 bits per heavy atom. The average molecular weight is 535 g/mol. The number of aromatic amines is 1. The number of hydrogen-bond acceptors (Lipinski definition) is 6. The quantitative estimate of drug-likeness (QED) is 0.208. The summed E-state index contributed by atoms with van der Waals surface area (Å²) in [5.41, 5.74) is 5.42. The third-order valence-electron chi connectivity index (χ3n) is 7.77. The zero-order valence-electron chi connectivity index (χ0n) is 22.2. The Bertz CT molecular complexity index is 1390. The van der Waals surface area contributed by atoms with Crippen molar-refractivity contribution < 1.29 is 29.1 Å². The van der Waals surface area contributed by atoms with Crippen LogP contribution in [0.2, 0.25) is 0 Å². The molecular formula is C29H34N4O6. The number of nitrogens with zero attached hydrogens (tertiary/aromatic N) is 2. The Kier molecular flexibility index (Phi) is 7.74. The SMILES string of the molecule is COc1ccc([C@H]2c3[nH]c4ccccc4c3C[C@H]3C(=O)N(CCCCCCC(=O)NO)CC(=O)N23)cc1OC. The topological polar surface area (TPSA) is 124 Å². The molecule has 0 bridgehead atoms. The van der Waals surface area contributed by atoms with Gasteiger partial charge in [0.15, 0.2) is 11.5 Å². The Balaban J connectivity index is 1.43. The molecule has 3 N–H and O–H groups in total. The second-order valence-electron chi connectivity index (χ2n) is 10.1. The van der Waals surface area contributed by atoms with Crippen LogP contribution in [0.1, 0.15) is 55.0 Å². The van der Waals surface area contributed by atoms with Gasteiger partial charge in [0.2, 0.25) is 17.7 Å². The molecule has 2 atom stereocenters. The highest BCUT2D eigenvalue weighted by molar-refractivity contribution is 5.97. The average Bonchev–Trinajstić information content (AvgIpc) is 3.34. The van der Waals surface area contributed by atoms with E-state index >= 15 is 0 Å². The highest BCUT2D eigenvalue weighted by atomic mass is 16.5. The third-order valence-corrected chi connectivity index (χ3v) is 7.77. The molecule has 5 rings (SSSR count). The van der Waals surface area contributed by atoms with Gasteiger partial charge in [-0.25, -0.2) is 5.48 Å². The number of ether oxygens (including phenoxy) is 2. The van der Waals surface area contributed by atoms with Crippen molar-refractivity contribution in [3.63, 3.8) is 0 Å². The largest absolute Gasteiger partial charge is 0.493 e. The second kappa shape index (κ2) is 11.4. The standard InChI is InChI=1S/C29H34N4O6/c1-38-23-13-12-18(15-24(23)39-2)28-27-20(19-9-6-7-10-21(19)30-27)16-22-29(36)32(17-26(35)33(22)28)14-8-4-3-5-11-25(34)31-37/h6-7,9-10,12-13,15,22,28,30,37H,3-5,8,11,14,16-17H2,1-2H3,(H,31,34)/t22-,28-/m0/s1. The number of piperazine rings is 1. The van der Waals surface area contributed by atoms with E-state index in [0.717, 1.165) is 47.0 Å². The predicted octanol–water partition coefficient (Wildman–Crippen LogP) is 3.33. The van der Waals surface area contributed by atoms with Gasteiger partial charge in [-0.2, -0.15) is 0 Å².